The molecule has 0 unspecified atom stereocenters. The highest BCUT2D eigenvalue weighted by Gasteiger charge is 2.27. The first-order valence-corrected chi connectivity index (χ1v) is 10.9. The third kappa shape index (κ3) is 7.36. The summed E-state index contributed by atoms with van der Waals surface area (Å²) in [5, 5.41) is 22.5. The van der Waals surface area contributed by atoms with Crippen LogP contribution in [0, 0.1) is 0 Å². The molecule has 3 rings (SSSR count). The number of rotatable bonds is 10. The van der Waals surface area contributed by atoms with Crippen LogP contribution in [-0.2, 0) is 24.3 Å². The maximum atomic E-state index is 12.8. The van der Waals surface area contributed by atoms with Crippen molar-refractivity contribution in [2.45, 2.75) is 31.7 Å². The van der Waals surface area contributed by atoms with Gasteiger partial charge in [0.2, 0.25) is 0 Å². The normalized spacial score (nSPS) is 12.5. The van der Waals surface area contributed by atoms with E-state index in [4.69, 9.17) is 4.74 Å². The molecule has 0 spiro atoms. The van der Waals surface area contributed by atoms with Crippen molar-refractivity contribution in [2.24, 2.45) is 0 Å². The number of nitrogens with one attached hydrogen (secondary N) is 1. The summed E-state index contributed by atoms with van der Waals surface area (Å²) in [7, 11) is 0. The first-order valence-electron chi connectivity index (χ1n) is 10.1. The molecule has 0 aliphatic carbocycles. The number of aliphatic hydroxyl groups is 1. The van der Waals surface area contributed by atoms with Crippen molar-refractivity contribution in [1.82, 2.24) is 15.2 Å². The van der Waals surface area contributed by atoms with Crippen LogP contribution >= 0.6 is 11.3 Å². The van der Waals surface area contributed by atoms with Gasteiger partial charge in [0.1, 0.15) is 6.61 Å². The molecule has 168 valence electrons. The van der Waals surface area contributed by atoms with Gasteiger partial charge in [-0.05, 0) is 17.5 Å². The Balaban J connectivity index is 1.72. The number of benzene rings is 2. The molecule has 3 N–H and O–H groups in total. The molecule has 9 heteroatoms. The summed E-state index contributed by atoms with van der Waals surface area (Å²) < 4.78 is 5.41. The Morgan fingerprint density at radius 1 is 1.06 bits per heavy atom. The van der Waals surface area contributed by atoms with Crippen molar-refractivity contribution >= 4 is 23.5 Å². The van der Waals surface area contributed by atoms with Crippen molar-refractivity contribution in [3.8, 4) is 0 Å². The highest BCUT2D eigenvalue weighted by molar-refractivity contribution is 7.09. The molecule has 8 nitrogen and oxygen atoms in total. The molecule has 1 aromatic heterocycles. The maximum absolute atomic E-state index is 12.8. The van der Waals surface area contributed by atoms with E-state index in [0.717, 1.165) is 16.0 Å². The molecule has 2 atom stereocenters. The molecular formula is C23H25N3O5S. The van der Waals surface area contributed by atoms with E-state index >= 15 is 0 Å². The van der Waals surface area contributed by atoms with E-state index in [-0.39, 0.29) is 26.1 Å². The van der Waals surface area contributed by atoms with Gasteiger partial charge in [0.05, 0.1) is 29.1 Å². The maximum Gasteiger partial charge on any atom is 0.410 e. The summed E-state index contributed by atoms with van der Waals surface area (Å²) in [5.74, 6) is 0. The van der Waals surface area contributed by atoms with E-state index in [0.29, 0.717) is 0 Å². The summed E-state index contributed by atoms with van der Waals surface area (Å²) in [6.07, 6.45) is -1.09. The van der Waals surface area contributed by atoms with Crippen molar-refractivity contribution in [1.29, 1.82) is 0 Å². The van der Waals surface area contributed by atoms with E-state index in [2.05, 4.69) is 10.3 Å². The fourth-order valence-electron chi connectivity index (χ4n) is 3.21. The number of carbonyl (C=O) groups is 2. The lowest BCUT2D eigenvalue weighted by atomic mass is 10.0. The number of carboxylic acid groups (broad SMARTS) is 1. The van der Waals surface area contributed by atoms with Crippen molar-refractivity contribution in [3.63, 3.8) is 0 Å². The number of aromatic nitrogens is 1. The topological polar surface area (TPSA) is 112 Å². The minimum Gasteiger partial charge on any atom is -0.465 e. The van der Waals surface area contributed by atoms with Gasteiger partial charge in [-0.15, -0.1) is 11.3 Å². The van der Waals surface area contributed by atoms with E-state index < -0.39 is 24.3 Å². The van der Waals surface area contributed by atoms with Crippen LogP contribution in [0.25, 0.3) is 0 Å². The third-order valence-corrected chi connectivity index (χ3v) is 5.53. The predicted molar refractivity (Wildman–Crippen MR) is 120 cm³/mol. The summed E-state index contributed by atoms with van der Waals surface area (Å²) >= 11 is 1.38. The molecule has 3 aromatic rings. The van der Waals surface area contributed by atoms with E-state index in [1.807, 2.05) is 60.7 Å². The van der Waals surface area contributed by atoms with Gasteiger partial charge in [0.15, 0.2) is 0 Å². The quantitative estimate of drug-likeness (QED) is 0.431. The zero-order valence-electron chi connectivity index (χ0n) is 17.3. The number of hydrogen-bond donors (Lipinski definition) is 3. The molecule has 0 radical (unpaired) electrons. The Morgan fingerprint density at radius 2 is 1.72 bits per heavy atom. The Morgan fingerprint density at radius 3 is 2.31 bits per heavy atom. The number of aliphatic hydroxyl groups excluding tert-OH is 1. The lowest BCUT2D eigenvalue weighted by Gasteiger charge is -2.29. The van der Waals surface area contributed by atoms with Gasteiger partial charge < -0.3 is 25.2 Å². The van der Waals surface area contributed by atoms with Crippen LogP contribution in [0.1, 0.15) is 16.0 Å². The van der Waals surface area contributed by atoms with Crippen LogP contribution < -0.4 is 5.32 Å². The minimum atomic E-state index is -1.24. The van der Waals surface area contributed by atoms with E-state index in [9.17, 15) is 19.8 Å². The SMILES string of the molecule is O=C(O)N[C@@H](Cc1ccccc1)[C@H](O)CN(Cc1ccccc1)C(=O)OCc1cncs1. The Bertz CT molecular complexity index is 970. The van der Waals surface area contributed by atoms with Gasteiger partial charge in [0, 0.05) is 12.7 Å². The van der Waals surface area contributed by atoms with Crippen molar-refractivity contribution in [2.75, 3.05) is 6.54 Å². The number of nitrogens with zero attached hydrogens (tertiary/aromatic N) is 2. The molecule has 32 heavy (non-hydrogen) atoms. The molecule has 1 heterocycles. The van der Waals surface area contributed by atoms with Gasteiger partial charge in [-0.25, -0.2) is 9.59 Å². The van der Waals surface area contributed by atoms with E-state index in [1.165, 1.54) is 16.2 Å². The average Bonchev–Trinajstić information content (AvgIpc) is 3.31. The number of thiazole rings is 1. The first-order chi connectivity index (χ1) is 15.5. The predicted octanol–water partition coefficient (Wildman–Crippen LogP) is 3.52. The Hall–Kier alpha value is -3.43. The zero-order chi connectivity index (χ0) is 22.8. The fraction of sp³-hybridized carbons (Fsp3) is 0.261. The smallest absolute Gasteiger partial charge is 0.410 e. The first kappa shape index (κ1) is 23.2. The highest BCUT2D eigenvalue weighted by Crippen LogP contribution is 2.14. The number of ether oxygens (including phenoxy) is 1. The Kier molecular flexibility index (Phi) is 8.59. The lowest BCUT2D eigenvalue weighted by Crippen LogP contribution is -2.50. The second kappa shape index (κ2) is 11.8. The minimum absolute atomic E-state index is 0.0751. The number of hydrogen-bond acceptors (Lipinski definition) is 6. The average molecular weight is 456 g/mol. The summed E-state index contributed by atoms with van der Waals surface area (Å²) in [4.78, 5) is 30.3. The fourth-order valence-corrected chi connectivity index (χ4v) is 3.71. The molecule has 0 aliphatic rings. The summed E-state index contributed by atoms with van der Waals surface area (Å²) in [6, 6.07) is 17.8. The van der Waals surface area contributed by atoms with Gasteiger partial charge in [-0.2, -0.15) is 0 Å². The van der Waals surface area contributed by atoms with Gasteiger partial charge in [-0.1, -0.05) is 60.7 Å². The van der Waals surface area contributed by atoms with Crippen LogP contribution in [0.15, 0.2) is 72.4 Å². The Labute approximate surface area is 190 Å². The van der Waals surface area contributed by atoms with Gasteiger partial charge in [-0.3, -0.25) is 4.98 Å². The van der Waals surface area contributed by atoms with Crippen LogP contribution in [0.4, 0.5) is 9.59 Å². The second-order valence-electron chi connectivity index (χ2n) is 7.20. The number of carbonyl (C=O) groups excluding carboxylic acids is 1. The summed E-state index contributed by atoms with van der Waals surface area (Å²) in [6.45, 7) is 0.185. The molecule has 0 saturated carbocycles. The molecule has 2 aromatic carbocycles. The van der Waals surface area contributed by atoms with Crippen LogP contribution in [0.2, 0.25) is 0 Å². The lowest BCUT2D eigenvalue weighted by molar-refractivity contribution is 0.0525. The van der Waals surface area contributed by atoms with Crippen LogP contribution in [-0.4, -0.2) is 51.0 Å². The molecular weight excluding hydrogens is 430 g/mol. The molecule has 2 amide bonds. The van der Waals surface area contributed by atoms with Crippen LogP contribution in [0.3, 0.4) is 0 Å². The van der Waals surface area contributed by atoms with Gasteiger partial charge >= 0.3 is 12.2 Å². The van der Waals surface area contributed by atoms with Crippen molar-refractivity contribution < 1.29 is 24.5 Å². The standard InChI is InChI=1S/C23H25N3O5S/c27-21(20(25-22(28)29)11-17-7-3-1-4-8-17)14-26(13-18-9-5-2-6-10-18)23(30)31-15-19-12-24-16-32-19/h1-10,12,16,20-21,25,27H,11,13-15H2,(H,28,29)/t20-,21+/m0/s1. The van der Waals surface area contributed by atoms with Crippen molar-refractivity contribution in [3.05, 3.63) is 88.4 Å². The molecule has 0 aliphatic heterocycles. The third-order valence-electron chi connectivity index (χ3n) is 4.78. The zero-order valence-corrected chi connectivity index (χ0v) is 18.1. The molecule has 0 bridgehead atoms. The molecule has 0 fully saturated rings. The number of amides is 2. The molecule has 0 saturated heterocycles. The van der Waals surface area contributed by atoms with E-state index in [1.54, 1.807) is 11.7 Å². The largest absolute Gasteiger partial charge is 0.465 e. The second-order valence-corrected chi connectivity index (χ2v) is 8.17. The monoisotopic (exact) mass is 455 g/mol. The van der Waals surface area contributed by atoms with Gasteiger partial charge in [0.25, 0.3) is 0 Å². The summed E-state index contributed by atoms with van der Waals surface area (Å²) in [5.41, 5.74) is 3.38. The van der Waals surface area contributed by atoms with Crippen LogP contribution in [0.5, 0.6) is 0 Å². The highest BCUT2D eigenvalue weighted by atomic mass is 32.1.